The highest BCUT2D eigenvalue weighted by Gasteiger charge is 2.11. The number of aryl methyl sites for hydroxylation is 2. The van der Waals surface area contributed by atoms with Crippen LogP contribution in [0.1, 0.15) is 31.7 Å². The van der Waals surface area contributed by atoms with Crippen molar-refractivity contribution < 1.29 is 9.21 Å². The Balaban J connectivity index is 1.97. The van der Waals surface area contributed by atoms with E-state index in [1.807, 2.05) is 45.0 Å². The predicted molar refractivity (Wildman–Crippen MR) is 76.1 cm³/mol. The lowest BCUT2D eigenvalue weighted by Crippen LogP contribution is -2.30. The van der Waals surface area contributed by atoms with Gasteiger partial charge >= 0.3 is 0 Å². The molecule has 1 aromatic carbocycles. The predicted octanol–water partition coefficient (Wildman–Crippen LogP) is 2.50. The molecule has 5 nitrogen and oxygen atoms in total. The van der Waals surface area contributed by atoms with Crippen molar-refractivity contribution in [1.82, 2.24) is 15.5 Å². The monoisotopic (exact) mass is 273 g/mol. The molecule has 0 aliphatic heterocycles. The smallest absolute Gasteiger partial charge is 0.247 e. The van der Waals surface area contributed by atoms with Crippen molar-refractivity contribution in [3.8, 4) is 11.5 Å². The molecule has 0 atom stereocenters. The number of nitrogens with one attached hydrogen (secondary N) is 1. The summed E-state index contributed by atoms with van der Waals surface area (Å²) < 4.78 is 5.58. The van der Waals surface area contributed by atoms with Gasteiger partial charge in [0, 0.05) is 24.4 Å². The molecule has 1 heterocycles. The summed E-state index contributed by atoms with van der Waals surface area (Å²) >= 11 is 0. The van der Waals surface area contributed by atoms with Crippen LogP contribution in [0.5, 0.6) is 0 Å². The highest BCUT2D eigenvalue weighted by Crippen LogP contribution is 2.19. The van der Waals surface area contributed by atoms with Gasteiger partial charge in [0.15, 0.2) is 0 Å². The molecule has 0 unspecified atom stereocenters. The zero-order chi connectivity index (χ0) is 14.5. The van der Waals surface area contributed by atoms with E-state index in [0.717, 1.165) is 11.1 Å². The second-order valence-electron chi connectivity index (χ2n) is 5.09. The molecule has 1 N–H and O–H groups in total. The number of rotatable bonds is 5. The third kappa shape index (κ3) is 3.91. The van der Waals surface area contributed by atoms with Crippen LogP contribution in [0.25, 0.3) is 11.5 Å². The molecule has 0 fully saturated rings. The normalized spacial score (nSPS) is 10.8. The number of benzene rings is 1. The molecule has 106 valence electrons. The second kappa shape index (κ2) is 6.32. The number of carbonyl (C=O) groups excluding carboxylic acids is 1. The lowest BCUT2D eigenvalue weighted by atomic mass is 10.1. The maximum absolute atomic E-state index is 11.5. The lowest BCUT2D eigenvalue weighted by molar-refractivity contribution is -0.121. The summed E-state index contributed by atoms with van der Waals surface area (Å²) in [5, 5.41) is 10.8. The highest BCUT2D eigenvalue weighted by molar-refractivity contribution is 5.76. The first kappa shape index (κ1) is 14.2. The summed E-state index contributed by atoms with van der Waals surface area (Å²) in [6.45, 7) is 5.87. The van der Waals surface area contributed by atoms with Gasteiger partial charge in [0.05, 0.1) is 0 Å². The van der Waals surface area contributed by atoms with Gasteiger partial charge in [-0.15, -0.1) is 10.2 Å². The Morgan fingerprint density at radius 1 is 1.35 bits per heavy atom. The van der Waals surface area contributed by atoms with Crippen LogP contribution in [0.3, 0.4) is 0 Å². The fourth-order valence-electron chi connectivity index (χ4n) is 1.86. The molecule has 5 heteroatoms. The highest BCUT2D eigenvalue weighted by atomic mass is 16.4. The standard InChI is InChI=1S/C15H19N3O2/c1-10(2)16-13(19)7-8-14-17-18-15(20-14)12-6-4-5-11(3)9-12/h4-6,9-10H,7-8H2,1-3H3,(H,16,19). The fraction of sp³-hybridized carbons (Fsp3) is 0.400. The van der Waals surface area contributed by atoms with Crippen molar-refractivity contribution in [3.63, 3.8) is 0 Å². The Bertz CT molecular complexity index is 590. The van der Waals surface area contributed by atoms with Gasteiger partial charge in [-0.1, -0.05) is 17.7 Å². The molecular formula is C15H19N3O2. The van der Waals surface area contributed by atoms with E-state index in [4.69, 9.17) is 4.42 Å². The molecule has 1 aromatic heterocycles. The Kier molecular flexibility index (Phi) is 4.50. The summed E-state index contributed by atoms with van der Waals surface area (Å²) in [5.41, 5.74) is 2.04. The summed E-state index contributed by atoms with van der Waals surface area (Å²) in [7, 11) is 0. The molecule has 0 spiro atoms. The second-order valence-corrected chi connectivity index (χ2v) is 5.09. The van der Waals surface area contributed by atoms with Crippen molar-refractivity contribution in [2.24, 2.45) is 0 Å². The summed E-state index contributed by atoms with van der Waals surface area (Å²) in [5.74, 6) is 0.976. The van der Waals surface area contributed by atoms with Crippen LogP contribution in [0, 0.1) is 6.92 Å². The SMILES string of the molecule is Cc1cccc(-c2nnc(CCC(=O)NC(C)C)o2)c1. The first-order valence-electron chi connectivity index (χ1n) is 6.73. The first-order chi connectivity index (χ1) is 9.54. The molecule has 0 aliphatic rings. The largest absolute Gasteiger partial charge is 0.421 e. The quantitative estimate of drug-likeness (QED) is 0.908. The minimum Gasteiger partial charge on any atom is -0.421 e. The van der Waals surface area contributed by atoms with Gasteiger partial charge in [-0.05, 0) is 32.9 Å². The maximum Gasteiger partial charge on any atom is 0.247 e. The molecular weight excluding hydrogens is 254 g/mol. The minimum absolute atomic E-state index is 0.00435. The maximum atomic E-state index is 11.5. The minimum atomic E-state index is -0.00435. The van der Waals surface area contributed by atoms with E-state index >= 15 is 0 Å². The van der Waals surface area contributed by atoms with Crippen molar-refractivity contribution in [2.75, 3.05) is 0 Å². The van der Waals surface area contributed by atoms with Gasteiger partial charge < -0.3 is 9.73 Å². The molecule has 0 saturated heterocycles. The van der Waals surface area contributed by atoms with E-state index in [1.54, 1.807) is 0 Å². The summed E-state index contributed by atoms with van der Waals surface area (Å²) in [6.07, 6.45) is 0.811. The van der Waals surface area contributed by atoms with E-state index in [9.17, 15) is 4.79 Å². The van der Waals surface area contributed by atoms with Crippen LogP contribution in [-0.2, 0) is 11.2 Å². The average Bonchev–Trinajstić information content (AvgIpc) is 2.84. The van der Waals surface area contributed by atoms with Crippen LogP contribution >= 0.6 is 0 Å². The van der Waals surface area contributed by atoms with Crippen molar-refractivity contribution in [2.45, 2.75) is 39.7 Å². The number of carbonyl (C=O) groups is 1. The number of nitrogens with zero attached hydrogens (tertiary/aromatic N) is 2. The number of hydrogen-bond acceptors (Lipinski definition) is 4. The van der Waals surface area contributed by atoms with Gasteiger partial charge in [0.2, 0.25) is 17.7 Å². The van der Waals surface area contributed by atoms with Gasteiger partial charge in [-0.2, -0.15) is 0 Å². The summed E-state index contributed by atoms with van der Waals surface area (Å²) in [4.78, 5) is 11.5. The third-order valence-corrected chi connectivity index (χ3v) is 2.75. The van der Waals surface area contributed by atoms with Gasteiger partial charge in [0.1, 0.15) is 0 Å². The molecule has 0 aliphatic carbocycles. The van der Waals surface area contributed by atoms with Gasteiger partial charge in [-0.25, -0.2) is 0 Å². The van der Waals surface area contributed by atoms with E-state index in [1.165, 1.54) is 0 Å². The van der Waals surface area contributed by atoms with Gasteiger partial charge in [0.25, 0.3) is 0 Å². The number of hydrogen-bond donors (Lipinski definition) is 1. The van der Waals surface area contributed by atoms with Crippen LogP contribution in [-0.4, -0.2) is 22.1 Å². The van der Waals surface area contributed by atoms with Crippen molar-refractivity contribution in [1.29, 1.82) is 0 Å². The van der Waals surface area contributed by atoms with Crippen LogP contribution in [0.15, 0.2) is 28.7 Å². The molecule has 20 heavy (non-hydrogen) atoms. The third-order valence-electron chi connectivity index (χ3n) is 2.75. The zero-order valence-electron chi connectivity index (χ0n) is 12.0. The number of aromatic nitrogens is 2. The molecule has 0 saturated carbocycles. The topological polar surface area (TPSA) is 68.0 Å². The molecule has 0 radical (unpaired) electrons. The Morgan fingerprint density at radius 2 is 2.15 bits per heavy atom. The zero-order valence-corrected chi connectivity index (χ0v) is 12.0. The Hall–Kier alpha value is -2.17. The van der Waals surface area contributed by atoms with E-state index < -0.39 is 0 Å². The van der Waals surface area contributed by atoms with Crippen LogP contribution < -0.4 is 5.32 Å². The lowest BCUT2D eigenvalue weighted by Gasteiger charge is -2.06. The first-order valence-corrected chi connectivity index (χ1v) is 6.73. The molecule has 2 rings (SSSR count). The molecule has 1 amide bonds. The van der Waals surface area contributed by atoms with E-state index in [2.05, 4.69) is 15.5 Å². The van der Waals surface area contributed by atoms with E-state index in [0.29, 0.717) is 24.6 Å². The molecule has 2 aromatic rings. The van der Waals surface area contributed by atoms with Crippen LogP contribution in [0.4, 0.5) is 0 Å². The van der Waals surface area contributed by atoms with E-state index in [-0.39, 0.29) is 11.9 Å². The van der Waals surface area contributed by atoms with Gasteiger partial charge in [-0.3, -0.25) is 4.79 Å². The summed E-state index contributed by atoms with van der Waals surface area (Å²) in [6, 6.07) is 8.02. The Labute approximate surface area is 118 Å². The molecule has 0 bridgehead atoms. The van der Waals surface area contributed by atoms with Crippen molar-refractivity contribution in [3.05, 3.63) is 35.7 Å². The average molecular weight is 273 g/mol. The van der Waals surface area contributed by atoms with Crippen molar-refractivity contribution >= 4 is 5.91 Å². The fourth-order valence-corrected chi connectivity index (χ4v) is 1.86. The van der Waals surface area contributed by atoms with Crippen LogP contribution in [0.2, 0.25) is 0 Å². The number of amides is 1. The Morgan fingerprint density at radius 3 is 2.85 bits per heavy atom.